The molecule has 1 aromatic rings. The summed E-state index contributed by atoms with van der Waals surface area (Å²) in [4.78, 5) is 28.5. The fraction of sp³-hybridized carbons (Fsp3) is 0.529. The van der Waals surface area contributed by atoms with Crippen molar-refractivity contribution in [3.63, 3.8) is 0 Å². The molecule has 1 aliphatic heterocycles. The lowest BCUT2D eigenvalue weighted by Gasteiger charge is -2.37. The topological polar surface area (TPSA) is 52.7 Å². The SMILES string of the molecule is CC(C(=O)Nc1ccccc1)N1CCN(C(=O)C2CC2)CC1. The Morgan fingerprint density at radius 2 is 1.73 bits per heavy atom. The molecule has 2 aliphatic rings. The summed E-state index contributed by atoms with van der Waals surface area (Å²) >= 11 is 0. The van der Waals surface area contributed by atoms with E-state index in [1.54, 1.807) is 0 Å². The van der Waals surface area contributed by atoms with Crippen molar-refractivity contribution in [1.82, 2.24) is 9.80 Å². The Labute approximate surface area is 131 Å². The Balaban J connectivity index is 1.49. The molecule has 0 bridgehead atoms. The molecule has 1 heterocycles. The third-order valence-electron chi connectivity index (χ3n) is 4.52. The monoisotopic (exact) mass is 301 g/mol. The standard InChI is InChI=1S/C17H23N3O2/c1-13(16(21)18-15-5-3-2-4-6-15)19-9-11-20(12-10-19)17(22)14-7-8-14/h2-6,13-14H,7-12H2,1H3,(H,18,21). The second-order valence-corrected chi connectivity index (χ2v) is 6.17. The molecule has 1 saturated heterocycles. The van der Waals surface area contributed by atoms with Crippen molar-refractivity contribution < 1.29 is 9.59 Å². The van der Waals surface area contributed by atoms with Crippen LogP contribution >= 0.6 is 0 Å². The van der Waals surface area contributed by atoms with Crippen LogP contribution in [0.2, 0.25) is 0 Å². The quantitative estimate of drug-likeness (QED) is 0.918. The fourth-order valence-electron chi connectivity index (χ4n) is 2.85. The molecule has 0 spiro atoms. The van der Waals surface area contributed by atoms with Crippen LogP contribution < -0.4 is 5.32 Å². The minimum Gasteiger partial charge on any atom is -0.340 e. The van der Waals surface area contributed by atoms with Gasteiger partial charge in [0.25, 0.3) is 0 Å². The van der Waals surface area contributed by atoms with Gasteiger partial charge in [0.2, 0.25) is 11.8 Å². The lowest BCUT2D eigenvalue weighted by atomic mass is 10.2. The predicted octanol–water partition coefficient (Wildman–Crippen LogP) is 1.57. The van der Waals surface area contributed by atoms with E-state index < -0.39 is 0 Å². The van der Waals surface area contributed by atoms with Crippen molar-refractivity contribution in [3.8, 4) is 0 Å². The van der Waals surface area contributed by atoms with Gasteiger partial charge in [-0.25, -0.2) is 0 Å². The Morgan fingerprint density at radius 3 is 2.32 bits per heavy atom. The molecule has 1 saturated carbocycles. The van der Waals surface area contributed by atoms with E-state index >= 15 is 0 Å². The molecule has 1 atom stereocenters. The molecule has 5 heteroatoms. The zero-order valence-electron chi connectivity index (χ0n) is 13.0. The van der Waals surface area contributed by atoms with E-state index in [0.717, 1.165) is 44.7 Å². The van der Waals surface area contributed by atoms with Crippen molar-refractivity contribution in [2.75, 3.05) is 31.5 Å². The van der Waals surface area contributed by atoms with Gasteiger partial charge in [-0.3, -0.25) is 14.5 Å². The third-order valence-corrected chi connectivity index (χ3v) is 4.52. The van der Waals surface area contributed by atoms with E-state index in [1.165, 1.54) is 0 Å². The van der Waals surface area contributed by atoms with Gasteiger partial charge in [-0.1, -0.05) is 18.2 Å². The van der Waals surface area contributed by atoms with Crippen LogP contribution in [0, 0.1) is 5.92 Å². The minimum atomic E-state index is -0.182. The lowest BCUT2D eigenvalue weighted by Crippen LogP contribution is -2.54. The third kappa shape index (κ3) is 3.47. The second-order valence-electron chi connectivity index (χ2n) is 6.17. The summed E-state index contributed by atoms with van der Waals surface area (Å²) in [6, 6.07) is 9.33. The van der Waals surface area contributed by atoms with E-state index in [9.17, 15) is 9.59 Å². The summed E-state index contributed by atoms with van der Waals surface area (Å²) in [5, 5.41) is 2.94. The summed E-state index contributed by atoms with van der Waals surface area (Å²) < 4.78 is 0. The molecule has 2 fully saturated rings. The van der Waals surface area contributed by atoms with Gasteiger partial charge in [0.05, 0.1) is 6.04 Å². The Kier molecular flexibility index (Phi) is 4.43. The van der Waals surface area contributed by atoms with E-state index in [0.29, 0.717) is 5.91 Å². The van der Waals surface area contributed by atoms with Crippen LogP contribution in [0.1, 0.15) is 19.8 Å². The summed E-state index contributed by atoms with van der Waals surface area (Å²) in [7, 11) is 0. The maximum atomic E-state index is 12.3. The van der Waals surface area contributed by atoms with Crippen LogP contribution in [-0.4, -0.2) is 53.8 Å². The van der Waals surface area contributed by atoms with E-state index in [1.807, 2.05) is 42.2 Å². The predicted molar refractivity (Wildman–Crippen MR) is 85.4 cm³/mol. The van der Waals surface area contributed by atoms with Gasteiger partial charge in [0, 0.05) is 37.8 Å². The lowest BCUT2D eigenvalue weighted by molar-refractivity contribution is -0.135. The maximum absolute atomic E-state index is 12.3. The molecule has 0 aromatic heterocycles. The summed E-state index contributed by atoms with van der Waals surface area (Å²) in [6.07, 6.45) is 2.10. The van der Waals surface area contributed by atoms with Crippen LogP contribution in [0.5, 0.6) is 0 Å². The molecule has 2 amide bonds. The first kappa shape index (κ1) is 15.0. The summed E-state index contributed by atoms with van der Waals surface area (Å²) in [6.45, 7) is 4.93. The van der Waals surface area contributed by atoms with Gasteiger partial charge in [0.15, 0.2) is 0 Å². The highest BCUT2D eigenvalue weighted by Crippen LogP contribution is 2.31. The van der Waals surface area contributed by atoms with Crippen LogP contribution in [0.25, 0.3) is 0 Å². The first-order valence-electron chi connectivity index (χ1n) is 8.04. The van der Waals surface area contributed by atoms with Gasteiger partial charge in [-0.2, -0.15) is 0 Å². The molecule has 1 N–H and O–H groups in total. The zero-order chi connectivity index (χ0) is 15.5. The second kappa shape index (κ2) is 6.48. The molecular weight excluding hydrogens is 278 g/mol. The number of hydrogen-bond acceptors (Lipinski definition) is 3. The normalized spacial score (nSPS) is 20.5. The molecule has 1 aromatic carbocycles. The highest BCUT2D eigenvalue weighted by Gasteiger charge is 2.35. The Morgan fingerprint density at radius 1 is 1.09 bits per heavy atom. The van der Waals surface area contributed by atoms with E-state index in [-0.39, 0.29) is 17.9 Å². The van der Waals surface area contributed by atoms with Gasteiger partial charge in [-0.15, -0.1) is 0 Å². The number of benzene rings is 1. The van der Waals surface area contributed by atoms with Crippen molar-refractivity contribution in [1.29, 1.82) is 0 Å². The number of carbonyl (C=O) groups is 2. The number of para-hydroxylation sites is 1. The fourth-order valence-corrected chi connectivity index (χ4v) is 2.85. The molecule has 3 rings (SSSR count). The van der Waals surface area contributed by atoms with Gasteiger partial charge < -0.3 is 10.2 Å². The van der Waals surface area contributed by atoms with Crippen LogP contribution in [-0.2, 0) is 9.59 Å². The first-order valence-corrected chi connectivity index (χ1v) is 8.04. The number of carbonyl (C=O) groups excluding carboxylic acids is 2. The van der Waals surface area contributed by atoms with Crippen molar-refractivity contribution in [2.45, 2.75) is 25.8 Å². The number of piperazine rings is 1. The van der Waals surface area contributed by atoms with Gasteiger partial charge in [-0.05, 0) is 31.9 Å². The average molecular weight is 301 g/mol. The van der Waals surface area contributed by atoms with Crippen LogP contribution in [0.4, 0.5) is 5.69 Å². The largest absolute Gasteiger partial charge is 0.340 e. The number of nitrogens with one attached hydrogen (secondary N) is 1. The molecule has 0 radical (unpaired) electrons. The zero-order valence-corrected chi connectivity index (χ0v) is 13.0. The van der Waals surface area contributed by atoms with Crippen molar-refractivity contribution in [2.24, 2.45) is 5.92 Å². The maximum Gasteiger partial charge on any atom is 0.241 e. The van der Waals surface area contributed by atoms with E-state index in [4.69, 9.17) is 0 Å². The van der Waals surface area contributed by atoms with E-state index in [2.05, 4.69) is 10.2 Å². The summed E-state index contributed by atoms with van der Waals surface area (Å²) in [5.41, 5.74) is 0.821. The molecule has 22 heavy (non-hydrogen) atoms. The molecule has 1 aliphatic carbocycles. The Bertz CT molecular complexity index is 534. The number of rotatable bonds is 4. The van der Waals surface area contributed by atoms with Crippen molar-refractivity contribution >= 4 is 17.5 Å². The molecule has 118 valence electrons. The Hall–Kier alpha value is -1.88. The molecule has 5 nitrogen and oxygen atoms in total. The average Bonchev–Trinajstić information content (AvgIpc) is 3.39. The number of hydrogen-bond donors (Lipinski definition) is 1. The molecule has 1 unspecified atom stereocenters. The first-order chi connectivity index (χ1) is 10.6. The van der Waals surface area contributed by atoms with Crippen molar-refractivity contribution in [3.05, 3.63) is 30.3 Å². The number of amides is 2. The molecular formula is C17H23N3O2. The van der Waals surface area contributed by atoms with Gasteiger partial charge in [0.1, 0.15) is 0 Å². The number of anilines is 1. The minimum absolute atomic E-state index is 0.00756. The number of nitrogens with zero attached hydrogens (tertiary/aromatic N) is 2. The highest BCUT2D eigenvalue weighted by atomic mass is 16.2. The van der Waals surface area contributed by atoms with Crippen LogP contribution in [0.3, 0.4) is 0 Å². The summed E-state index contributed by atoms with van der Waals surface area (Å²) in [5.74, 6) is 0.597. The van der Waals surface area contributed by atoms with Gasteiger partial charge >= 0.3 is 0 Å². The van der Waals surface area contributed by atoms with Crippen LogP contribution in [0.15, 0.2) is 30.3 Å². The smallest absolute Gasteiger partial charge is 0.241 e. The highest BCUT2D eigenvalue weighted by molar-refractivity contribution is 5.94.